The Morgan fingerprint density at radius 2 is 2.19 bits per heavy atom. The van der Waals surface area contributed by atoms with Crippen molar-refractivity contribution in [2.45, 2.75) is 50.5 Å². The van der Waals surface area contributed by atoms with Crippen LogP contribution in [0.2, 0.25) is 0 Å². The van der Waals surface area contributed by atoms with E-state index >= 15 is 0 Å². The first-order valence-electron chi connectivity index (χ1n) is 7.35. The van der Waals surface area contributed by atoms with Gasteiger partial charge in [0.2, 0.25) is 0 Å². The molecule has 1 saturated carbocycles. The number of rotatable bonds is 8. The minimum Gasteiger partial charge on any atom is -0.351 e. The lowest BCUT2D eigenvalue weighted by molar-refractivity contribution is 0.0943. The number of aromatic nitrogens is 1. The molecule has 118 valence electrons. The zero-order valence-electron chi connectivity index (χ0n) is 12.1. The van der Waals surface area contributed by atoms with Gasteiger partial charge in [-0.2, -0.15) is 0 Å². The van der Waals surface area contributed by atoms with Crippen molar-refractivity contribution in [2.24, 2.45) is 5.92 Å². The largest absolute Gasteiger partial charge is 0.351 e. The van der Waals surface area contributed by atoms with E-state index in [1.807, 2.05) is 6.92 Å². The molecule has 0 radical (unpaired) electrons. The Morgan fingerprint density at radius 3 is 2.76 bits per heavy atom. The molecule has 1 aromatic rings. The van der Waals surface area contributed by atoms with E-state index in [1.54, 1.807) is 4.57 Å². The fourth-order valence-corrected chi connectivity index (χ4v) is 3.08. The van der Waals surface area contributed by atoms with Gasteiger partial charge in [0.05, 0.1) is 0 Å². The fraction of sp³-hybridized carbons (Fsp3) is 0.643. The Hall–Kier alpha value is -1.01. The molecule has 7 heteroatoms. The molecule has 2 rings (SSSR count). The molecule has 1 aliphatic rings. The summed E-state index contributed by atoms with van der Waals surface area (Å²) in [6.07, 6.45) is 6.96. The lowest BCUT2D eigenvalue weighted by Gasteiger charge is -2.08. The molecular formula is C14H21ClN2O3S. The van der Waals surface area contributed by atoms with Crippen molar-refractivity contribution in [1.82, 2.24) is 9.88 Å². The van der Waals surface area contributed by atoms with Gasteiger partial charge in [-0.15, -0.1) is 0 Å². The van der Waals surface area contributed by atoms with Crippen LogP contribution in [0.3, 0.4) is 0 Å². The van der Waals surface area contributed by atoms with Gasteiger partial charge in [-0.1, -0.05) is 19.8 Å². The second kappa shape index (κ2) is 6.83. The summed E-state index contributed by atoms with van der Waals surface area (Å²) >= 11 is 0. The third-order valence-corrected chi connectivity index (χ3v) is 4.94. The zero-order chi connectivity index (χ0) is 15.5. The number of carbonyl (C=O) groups excluding carboxylic acids is 1. The van der Waals surface area contributed by atoms with E-state index in [9.17, 15) is 13.2 Å². The maximum atomic E-state index is 12.2. The van der Waals surface area contributed by atoms with Crippen molar-refractivity contribution < 1.29 is 13.2 Å². The van der Waals surface area contributed by atoms with Gasteiger partial charge in [0.25, 0.3) is 15.0 Å². The van der Waals surface area contributed by atoms with Crippen LogP contribution in [0, 0.1) is 5.92 Å². The highest BCUT2D eigenvalue weighted by Crippen LogP contribution is 2.33. The second-order valence-corrected chi connectivity index (χ2v) is 8.10. The second-order valence-electron chi connectivity index (χ2n) is 5.53. The molecule has 0 spiro atoms. The van der Waals surface area contributed by atoms with Crippen molar-refractivity contribution in [1.29, 1.82) is 0 Å². The number of hydrogen-bond acceptors (Lipinski definition) is 3. The van der Waals surface area contributed by atoms with Crippen LogP contribution >= 0.6 is 10.7 Å². The van der Waals surface area contributed by atoms with Crippen molar-refractivity contribution in [3.8, 4) is 0 Å². The maximum Gasteiger partial charge on any atom is 0.267 e. The normalized spacial score (nSPS) is 15.1. The van der Waals surface area contributed by atoms with Gasteiger partial charge < -0.3 is 9.88 Å². The molecule has 0 aromatic carbocycles. The first-order chi connectivity index (χ1) is 9.91. The van der Waals surface area contributed by atoms with Gasteiger partial charge in [0.15, 0.2) is 0 Å². The number of aryl methyl sites for hydroxylation is 1. The molecule has 0 aliphatic heterocycles. The molecule has 1 amide bonds. The lowest BCUT2D eigenvalue weighted by Crippen LogP contribution is -2.26. The van der Waals surface area contributed by atoms with Crippen LogP contribution < -0.4 is 5.32 Å². The van der Waals surface area contributed by atoms with Crippen molar-refractivity contribution in [3.05, 3.63) is 18.0 Å². The van der Waals surface area contributed by atoms with Gasteiger partial charge in [-0.25, -0.2) is 8.42 Å². The lowest BCUT2D eigenvalue weighted by atomic mass is 10.2. The average Bonchev–Trinajstić information content (AvgIpc) is 3.12. The minimum atomic E-state index is -3.81. The average molecular weight is 333 g/mol. The Bertz CT molecular complexity index is 606. The third-order valence-electron chi connectivity index (χ3n) is 3.62. The highest BCUT2D eigenvalue weighted by molar-refractivity contribution is 8.13. The molecule has 5 nitrogen and oxygen atoms in total. The summed E-state index contributed by atoms with van der Waals surface area (Å²) in [7, 11) is 1.53. The number of amides is 1. The molecule has 0 atom stereocenters. The molecule has 1 aliphatic carbocycles. The van der Waals surface area contributed by atoms with Crippen molar-refractivity contribution >= 4 is 25.6 Å². The number of halogens is 1. The van der Waals surface area contributed by atoms with E-state index in [0.717, 1.165) is 25.2 Å². The summed E-state index contributed by atoms with van der Waals surface area (Å²) in [5.41, 5.74) is 0.350. The van der Waals surface area contributed by atoms with Gasteiger partial charge in [0, 0.05) is 30.0 Å². The summed E-state index contributed by atoms with van der Waals surface area (Å²) in [6.45, 7) is 3.17. The van der Waals surface area contributed by atoms with Crippen molar-refractivity contribution in [2.75, 3.05) is 6.54 Å². The first-order valence-corrected chi connectivity index (χ1v) is 9.65. The monoisotopic (exact) mass is 332 g/mol. The SMILES string of the molecule is CCCn1cc(S(=O)(=O)Cl)cc1C(=O)NCCCC1CC1. The number of carbonyl (C=O) groups is 1. The molecule has 0 bridgehead atoms. The van der Waals surface area contributed by atoms with E-state index in [2.05, 4.69) is 5.32 Å². The van der Waals surface area contributed by atoms with E-state index in [1.165, 1.54) is 25.1 Å². The standard InChI is InChI=1S/C14H21ClN2O3S/c1-2-8-17-10-12(21(15,19)20)9-13(17)14(18)16-7-3-4-11-5-6-11/h9-11H,2-8H2,1H3,(H,16,18). The topological polar surface area (TPSA) is 68.2 Å². The van der Waals surface area contributed by atoms with Crippen LogP contribution in [-0.2, 0) is 15.6 Å². The Morgan fingerprint density at radius 1 is 1.48 bits per heavy atom. The van der Waals surface area contributed by atoms with Crippen LogP contribution in [0.25, 0.3) is 0 Å². The predicted octanol–water partition coefficient (Wildman–Crippen LogP) is 2.75. The van der Waals surface area contributed by atoms with Crippen LogP contribution in [0.4, 0.5) is 0 Å². The molecule has 1 fully saturated rings. The molecule has 21 heavy (non-hydrogen) atoms. The molecule has 0 unspecified atom stereocenters. The van der Waals surface area contributed by atoms with Crippen LogP contribution in [-0.4, -0.2) is 25.4 Å². The third kappa shape index (κ3) is 4.74. The number of nitrogens with zero attached hydrogens (tertiary/aromatic N) is 1. The molecule has 1 aromatic heterocycles. The summed E-state index contributed by atoms with van der Waals surface area (Å²) in [5, 5.41) is 2.85. The van der Waals surface area contributed by atoms with Crippen LogP contribution in [0.15, 0.2) is 17.2 Å². The summed E-state index contributed by atoms with van der Waals surface area (Å²) in [4.78, 5) is 12.1. The van der Waals surface area contributed by atoms with Gasteiger partial charge in [0.1, 0.15) is 10.6 Å². The van der Waals surface area contributed by atoms with Gasteiger partial charge in [-0.3, -0.25) is 4.79 Å². The minimum absolute atomic E-state index is 0.0271. The summed E-state index contributed by atoms with van der Waals surface area (Å²) in [5.74, 6) is 0.602. The number of hydrogen-bond donors (Lipinski definition) is 1. The molecule has 1 N–H and O–H groups in total. The van der Waals surface area contributed by atoms with Crippen LogP contribution in [0.5, 0.6) is 0 Å². The van der Waals surface area contributed by atoms with E-state index < -0.39 is 9.05 Å². The van der Waals surface area contributed by atoms with Crippen molar-refractivity contribution in [3.63, 3.8) is 0 Å². The molecular weight excluding hydrogens is 312 g/mol. The Balaban J connectivity index is 2.01. The van der Waals surface area contributed by atoms with E-state index in [4.69, 9.17) is 10.7 Å². The maximum absolute atomic E-state index is 12.2. The van der Waals surface area contributed by atoms with E-state index in [-0.39, 0.29) is 10.8 Å². The molecule has 0 saturated heterocycles. The first kappa shape index (κ1) is 16.4. The summed E-state index contributed by atoms with van der Waals surface area (Å²) in [6, 6.07) is 1.34. The fourth-order valence-electron chi connectivity index (χ4n) is 2.32. The van der Waals surface area contributed by atoms with Crippen LogP contribution in [0.1, 0.15) is 49.5 Å². The van der Waals surface area contributed by atoms with Gasteiger partial charge in [-0.05, 0) is 31.2 Å². The Kier molecular flexibility index (Phi) is 5.32. The quantitative estimate of drug-likeness (QED) is 0.588. The summed E-state index contributed by atoms with van der Waals surface area (Å²) < 4.78 is 24.4. The Labute approximate surface area is 130 Å². The predicted molar refractivity (Wildman–Crippen MR) is 82.1 cm³/mol. The molecule has 1 heterocycles. The zero-order valence-corrected chi connectivity index (χ0v) is 13.7. The smallest absolute Gasteiger partial charge is 0.267 e. The highest BCUT2D eigenvalue weighted by atomic mass is 35.7. The highest BCUT2D eigenvalue weighted by Gasteiger charge is 2.21. The van der Waals surface area contributed by atoms with E-state index in [0.29, 0.717) is 18.8 Å². The van der Waals surface area contributed by atoms with Gasteiger partial charge >= 0.3 is 0 Å². The number of nitrogens with one attached hydrogen (secondary N) is 1.